The van der Waals surface area contributed by atoms with Gasteiger partial charge in [-0.25, -0.2) is 0 Å². The summed E-state index contributed by atoms with van der Waals surface area (Å²) in [6.07, 6.45) is -5.48. The Morgan fingerprint density at radius 1 is 0.645 bits per heavy atom. The largest absolute Gasteiger partial charge is 0.460 e. The molecule has 0 aromatic carbocycles. The van der Waals surface area contributed by atoms with E-state index in [1.807, 2.05) is 0 Å². The molecule has 0 aromatic rings. The van der Waals surface area contributed by atoms with Crippen LogP contribution in [0.15, 0.2) is 0 Å². The molecule has 1 fully saturated rings. The first-order valence-electron chi connectivity index (χ1n) is 9.89. The lowest BCUT2D eigenvalue weighted by molar-refractivity contribution is -0.422. The quantitative estimate of drug-likeness (QED) is 0.202. The molecular weight excluding hydrogens is 457 g/mol. The Morgan fingerprint density at radius 2 is 1.19 bits per heavy atom. The molecule has 0 amide bonds. The molecule has 1 rings (SSSR count). The summed E-state index contributed by atoms with van der Waals surface area (Å²) in [4.78, 5) is 0. The lowest BCUT2D eigenvalue weighted by atomic mass is 9.94. The van der Waals surface area contributed by atoms with Gasteiger partial charge in [0.05, 0.1) is 0 Å². The van der Waals surface area contributed by atoms with Gasteiger partial charge < -0.3 is 9.47 Å². The monoisotopic (exact) mass is 482 g/mol. The Morgan fingerprint density at radius 3 is 1.71 bits per heavy atom. The van der Waals surface area contributed by atoms with Crippen molar-refractivity contribution in [2.75, 3.05) is 13.2 Å². The standard InChI is InChI=1S/C18H25F11O2/c19-14(20,15(21,22)16(23,24)17(25,26)18(27,28)29)10-6-3-1-2-4-7-11-30-13-9-5-8-12-31-13/h13H,1-12H2. The predicted octanol–water partition coefficient (Wildman–Crippen LogP) is 7.36. The van der Waals surface area contributed by atoms with Crippen molar-refractivity contribution >= 4 is 0 Å². The molecule has 13 heteroatoms. The van der Waals surface area contributed by atoms with Crippen molar-refractivity contribution < 1.29 is 57.8 Å². The highest BCUT2D eigenvalue weighted by Gasteiger charge is 2.86. The number of hydrogen-bond donors (Lipinski definition) is 0. The number of alkyl halides is 11. The number of rotatable bonds is 13. The van der Waals surface area contributed by atoms with Gasteiger partial charge in [0.15, 0.2) is 6.29 Å². The van der Waals surface area contributed by atoms with Crippen LogP contribution < -0.4 is 0 Å². The molecule has 2 nitrogen and oxygen atoms in total. The van der Waals surface area contributed by atoms with Crippen LogP contribution in [-0.4, -0.2) is 49.4 Å². The van der Waals surface area contributed by atoms with Crippen molar-refractivity contribution in [3.8, 4) is 0 Å². The first kappa shape index (κ1) is 28.2. The van der Waals surface area contributed by atoms with E-state index in [0.717, 1.165) is 19.3 Å². The third-order valence-electron chi connectivity index (χ3n) is 4.93. The molecule has 0 saturated carbocycles. The number of unbranched alkanes of at least 4 members (excludes halogenated alkanes) is 5. The predicted molar refractivity (Wildman–Crippen MR) is 87.7 cm³/mol. The summed E-state index contributed by atoms with van der Waals surface area (Å²) in [5, 5.41) is 0. The lowest BCUT2D eigenvalue weighted by Gasteiger charge is -2.37. The molecule has 0 aliphatic carbocycles. The maximum atomic E-state index is 13.5. The number of halogens is 11. The van der Waals surface area contributed by atoms with E-state index < -0.39 is 42.7 Å². The SMILES string of the molecule is FC(F)(F)C(F)(F)C(F)(F)C(F)(F)C(F)(F)CCCCCCCCOC1CCCCO1. The van der Waals surface area contributed by atoms with Gasteiger partial charge in [0.25, 0.3) is 0 Å². The highest BCUT2D eigenvalue weighted by atomic mass is 19.4. The second-order valence-electron chi connectivity index (χ2n) is 7.46. The first-order chi connectivity index (χ1) is 14.1. The average molecular weight is 482 g/mol. The number of ether oxygens (including phenoxy) is 2. The van der Waals surface area contributed by atoms with Crippen LogP contribution in [0.3, 0.4) is 0 Å². The van der Waals surface area contributed by atoms with E-state index in [1.54, 1.807) is 0 Å². The van der Waals surface area contributed by atoms with Crippen LogP contribution in [0.1, 0.15) is 64.2 Å². The Balaban J connectivity index is 2.36. The van der Waals surface area contributed by atoms with Crippen molar-refractivity contribution in [1.82, 2.24) is 0 Å². The van der Waals surface area contributed by atoms with Gasteiger partial charge in [-0.05, 0) is 32.1 Å². The summed E-state index contributed by atoms with van der Waals surface area (Å²) in [5.41, 5.74) is 0. The fraction of sp³-hybridized carbons (Fsp3) is 1.00. The van der Waals surface area contributed by atoms with Crippen LogP contribution in [0.4, 0.5) is 48.3 Å². The molecule has 0 spiro atoms. The molecule has 0 aromatic heterocycles. The second kappa shape index (κ2) is 10.8. The van der Waals surface area contributed by atoms with Gasteiger partial charge in [-0.3, -0.25) is 0 Å². The van der Waals surface area contributed by atoms with E-state index >= 15 is 0 Å². The molecule has 186 valence electrons. The molecule has 1 saturated heterocycles. The first-order valence-corrected chi connectivity index (χ1v) is 9.89. The van der Waals surface area contributed by atoms with Crippen molar-refractivity contribution in [3.63, 3.8) is 0 Å². The summed E-state index contributed by atoms with van der Waals surface area (Å²) >= 11 is 0. The Labute approximate surface area is 172 Å². The zero-order chi connectivity index (χ0) is 24.0. The molecule has 1 aliphatic heterocycles. The molecular formula is C18H25F11O2. The van der Waals surface area contributed by atoms with Crippen LogP contribution in [0.25, 0.3) is 0 Å². The third kappa shape index (κ3) is 6.82. The summed E-state index contributed by atoms with van der Waals surface area (Å²) in [6.45, 7) is 1.02. The topological polar surface area (TPSA) is 18.5 Å². The Hall–Kier alpha value is -0.850. The molecule has 0 N–H and O–H groups in total. The van der Waals surface area contributed by atoms with Gasteiger partial charge in [-0.1, -0.05) is 25.7 Å². The third-order valence-corrected chi connectivity index (χ3v) is 4.93. The van der Waals surface area contributed by atoms with Crippen LogP contribution in [0.5, 0.6) is 0 Å². The molecule has 1 aliphatic rings. The zero-order valence-corrected chi connectivity index (χ0v) is 16.5. The van der Waals surface area contributed by atoms with Gasteiger partial charge in [0, 0.05) is 19.6 Å². The Bertz CT molecular complexity index is 529. The molecule has 0 radical (unpaired) electrons. The average Bonchev–Trinajstić information content (AvgIpc) is 2.66. The van der Waals surface area contributed by atoms with E-state index in [-0.39, 0.29) is 19.1 Å². The van der Waals surface area contributed by atoms with E-state index in [9.17, 15) is 48.3 Å². The van der Waals surface area contributed by atoms with Gasteiger partial charge in [-0.2, -0.15) is 48.3 Å². The summed E-state index contributed by atoms with van der Waals surface area (Å²) in [5.74, 6) is -27.3. The summed E-state index contributed by atoms with van der Waals surface area (Å²) in [6, 6.07) is 0. The molecule has 1 heterocycles. The summed E-state index contributed by atoms with van der Waals surface area (Å²) < 4.78 is 152. The fourth-order valence-electron chi connectivity index (χ4n) is 2.98. The minimum Gasteiger partial charge on any atom is -0.353 e. The minimum atomic E-state index is -7.32. The van der Waals surface area contributed by atoms with Crippen molar-refractivity contribution in [2.24, 2.45) is 0 Å². The van der Waals surface area contributed by atoms with Crippen LogP contribution >= 0.6 is 0 Å². The highest BCUT2D eigenvalue weighted by molar-refractivity contribution is 5.06. The van der Waals surface area contributed by atoms with Crippen molar-refractivity contribution in [1.29, 1.82) is 0 Å². The van der Waals surface area contributed by atoms with Crippen LogP contribution in [0, 0.1) is 0 Å². The van der Waals surface area contributed by atoms with Gasteiger partial charge in [0.1, 0.15) is 0 Å². The van der Waals surface area contributed by atoms with E-state index in [2.05, 4.69) is 0 Å². The van der Waals surface area contributed by atoms with Crippen molar-refractivity contribution in [2.45, 2.75) is 100 Å². The smallest absolute Gasteiger partial charge is 0.353 e. The van der Waals surface area contributed by atoms with Crippen LogP contribution in [0.2, 0.25) is 0 Å². The fourth-order valence-corrected chi connectivity index (χ4v) is 2.98. The maximum Gasteiger partial charge on any atom is 0.460 e. The van der Waals surface area contributed by atoms with Gasteiger partial charge in [0.2, 0.25) is 0 Å². The molecule has 0 bridgehead atoms. The maximum absolute atomic E-state index is 13.5. The zero-order valence-electron chi connectivity index (χ0n) is 16.5. The van der Waals surface area contributed by atoms with Gasteiger partial charge in [-0.15, -0.1) is 0 Å². The normalized spacial score (nSPS) is 19.6. The van der Waals surface area contributed by atoms with E-state index in [0.29, 0.717) is 32.5 Å². The molecule has 1 unspecified atom stereocenters. The molecule has 1 atom stereocenters. The number of hydrogen-bond acceptors (Lipinski definition) is 2. The Kier molecular flexibility index (Phi) is 9.86. The lowest BCUT2D eigenvalue weighted by Crippen LogP contribution is -2.66. The van der Waals surface area contributed by atoms with E-state index in [4.69, 9.17) is 9.47 Å². The van der Waals surface area contributed by atoms with Gasteiger partial charge >= 0.3 is 29.9 Å². The molecule has 31 heavy (non-hydrogen) atoms. The minimum absolute atomic E-state index is 0.112. The summed E-state index contributed by atoms with van der Waals surface area (Å²) in [7, 11) is 0. The van der Waals surface area contributed by atoms with E-state index in [1.165, 1.54) is 0 Å². The highest BCUT2D eigenvalue weighted by Crippen LogP contribution is 2.58. The second-order valence-corrected chi connectivity index (χ2v) is 7.46. The van der Waals surface area contributed by atoms with Crippen molar-refractivity contribution in [3.05, 3.63) is 0 Å². The van der Waals surface area contributed by atoms with Crippen LogP contribution in [-0.2, 0) is 9.47 Å².